The van der Waals surface area contributed by atoms with Gasteiger partial charge < -0.3 is 15.4 Å². The molecule has 0 aliphatic heterocycles. The molecule has 0 fully saturated rings. The largest absolute Gasteiger partial charge is 0.497 e. The van der Waals surface area contributed by atoms with Crippen LogP contribution in [0.1, 0.15) is 27.0 Å². The van der Waals surface area contributed by atoms with Crippen molar-refractivity contribution in [2.75, 3.05) is 19.0 Å². The number of rotatable bonds is 8. The van der Waals surface area contributed by atoms with Gasteiger partial charge in [-0.15, -0.1) is 0 Å². The predicted octanol–water partition coefficient (Wildman–Crippen LogP) is 3.98. The van der Waals surface area contributed by atoms with Gasteiger partial charge in [0.25, 0.3) is 5.91 Å². The van der Waals surface area contributed by atoms with Gasteiger partial charge in [0.05, 0.1) is 18.4 Å². The smallest absolute Gasteiger partial charge is 0.253 e. The SMILES string of the molecule is COc1cccc(CCNc2cncc(C(=O)NCc3ccc(C)cc3)c2)c1. The molecule has 0 radical (unpaired) electrons. The van der Waals surface area contributed by atoms with Crippen LogP contribution in [0.5, 0.6) is 5.75 Å². The van der Waals surface area contributed by atoms with Crippen LogP contribution in [-0.2, 0) is 13.0 Å². The topological polar surface area (TPSA) is 63.2 Å². The van der Waals surface area contributed by atoms with Crippen LogP contribution in [0.4, 0.5) is 5.69 Å². The molecule has 3 aromatic rings. The predicted molar refractivity (Wildman–Crippen MR) is 112 cm³/mol. The summed E-state index contributed by atoms with van der Waals surface area (Å²) in [4.78, 5) is 16.6. The highest BCUT2D eigenvalue weighted by Gasteiger charge is 2.07. The number of aromatic nitrogens is 1. The van der Waals surface area contributed by atoms with Crippen LogP contribution in [0.25, 0.3) is 0 Å². The Labute approximate surface area is 165 Å². The molecule has 3 rings (SSSR count). The summed E-state index contributed by atoms with van der Waals surface area (Å²) in [6.45, 7) is 3.27. The molecule has 0 atom stereocenters. The first-order valence-electron chi connectivity index (χ1n) is 9.29. The van der Waals surface area contributed by atoms with Gasteiger partial charge in [-0.05, 0) is 42.7 Å². The molecular formula is C23H25N3O2. The molecule has 5 heteroatoms. The molecule has 0 aliphatic rings. The summed E-state index contributed by atoms with van der Waals surface area (Å²) in [7, 11) is 1.67. The van der Waals surface area contributed by atoms with Gasteiger partial charge in [0.2, 0.25) is 0 Å². The molecule has 0 spiro atoms. The Morgan fingerprint density at radius 2 is 1.86 bits per heavy atom. The van der Waals surface area contributed by atoms with E-state index in [9.17, 15) is 4.79 Å². The zero-order chi connectivity index (χ0) is 19.8. The molecule has 0 bridgehead atoms. The van der Waals surface area contributed by atoms with Crippen LogP contribution in [0.3, 0.4) is 0 Å². The standard InChI is InChI=1S/C23H25N3O2/c1-17-6-8-19(9-7-17)14-26-23(27)20-13-21(16-24-15-20)25-11-10-18-4-3-5-22(12-18)28-2/h3-9,12-13,15-16,25H,10-11,14H2,1-2H3,(H,26,27). The third-order valence-electron chi connectivity index (χ3n) is 4.45. The fourth-order valence-electron chi connectivity index (χ4n) is 2.83. The van der Waals surface area contributed by atoms with Gasteiger partial charge in [0.1, 0.15) is 5.75 Å². The minimum absolute atomic E-state index is 0.135. The van der Waals surface area contributed by atoms with E-state index in [1.807, 2.05) is 55.5 Å². The lowest BCUT2D eigenvalue weighted by Crippen LogP contribution is -2.23. The second-order valence-electron chi connectivity index (χ2n) is 6.66. The number of nitrogens with zero attached hydrogens (tertiary/aromatic N) is 1. The molecule has 2 aromatic carbocycles. The van der Waals surface area contributed by atoms with E-state index in [4.69, 9.17) is 4.74 Å². The van der Waals surface area contributed by atoms with E-state index < -0.39 is 0 Å². The lowest BCUT2D eigenvalue weighted by Gasteiger charge is -2.09. The number of carbonyl (C=O) groups excluding carboxylic acids is 1. The van der Waals surface area contributed by atoms with Crippen LogP contribution >= 0.6 is 0 Å². The lowest BCUT2D eigenvalue weighted by atomic mass is 10.1. The van der Waals surface area contributed by atoms with E-state index in [-0.39, 0.29) is 5.91 Å². The second-order valence-corrected chi connectivity index (χ2v) is 6.66. The molecule has 0 saturated carbocycles. The Balaban J connectivity index is 1.52. The van der Waals surface area contributed by atoms with E-state index in [0.29, 0.717) is 12.1 Å². The first-order valence-corrected chi connectivity index (χ1v) is 9.29. The third-order valence-corrected chi connectivity index (χ3v) is 4.45. The van der Waals surface area contributed by atoms with Gasteiger partial charge in [-0.2, -0.15) is 0 Å². The molecule has 1 aromatic heterocycles. The summed E-state index contributed by atoms with van der Waals surface area (Å²) in [6, 6.07) is 17.9. The van der Waals surface area contributed by atoms with Crippen LogP contribution in [0.2, 0.25) is 0 Å². The normalized spacial score (nSPS) is 10.4. The maximum absolute atomic E-state index is 12.4. The number of pyridine rings is 1. The summed E-state index contributed by atoms with van der Waals surface area (Å²) in [6.07, 6.45) is 4.15. The average Bonchev–Trinajstić information content (AvgIpc) is 2.73. The highest BCUT2D eigenvalue weighted by Crippen LogP contribution is 2.14. The molecule has 0 unspecified atom stereocenters. The lowest BCUT2D eigenvalue weighted by molar-refractivity contribution is 0.0950. The minimum Gasteiger partial charge on any atom is -0.497 e. The van der Waals surface area contributed by atoms with Gasteiger partial charge in [0.15, 0.2) is 0 Å². The molecule has 2 N–H and O–H groups in total. The number of anilines is 1. The first kappa shape index (κ1) is 19.4. The molecule has 1 heterocycles. The van der Waals surface area contributed by atoms with Crippen molar-refractivity contribution < 1.29 is 9.53 Å². The number of hydrogen-bond donors (Lipinski definition) is 2. The van der Waals surface area contributed by atoms with Crippen molar-refractivity contribution in [1.82, 2.24) is 10.3 Å². The van der Waals surface area contributed by atoms with Gasteiger partial charge >= 0.3 is 0 Å². The van der Waals surface area contributed by atoms with Crippen molar-refractivity contribution in [3.05, 3.63) is 89.2 Å². The Morgan fingerprint density at radius 3 is 2.64 bits per heavy atom. The Kier molecular flexibility index (Phi) is 6.63. The van der Waals surface area contributed by atoms with Crippen LogP contribution in [0, 0.1) is 6.92 Å². The zero-order valence-electron chi connectivity index (χ0n) is 16.2. The number of ether oxygens (including phenoxy) is 1. The number of hydrogen-bond acceptors (Lipinski definition) is 4. The van der Waals surface area contributed by atoms with E-state index in [2.05, 4.69) is 21.7 Å². The second kappa shape index (κ2) is 9.55. The van der Waals surface area contributed by atoms with Crippen LogP contribution < -0.4 is 15.4 Å². The zero-order valence-corrected chi connectivity index (χ0v) is 16.2. The number of benzene rings is 2. The van der Waals surface area contributed by atoms with E-state index >= 15 is 0 Å². The van der Waals surface area contributed by atoms with Crippen molar-refractivity contribution >= 4 is 11.6 Å². The maximum Gasteiger partial charge on any atom is 0.253 e. The number of nitrogens with one attached hydrogen (secondary N) is 2. The van der Waals surface area contributed by atoms with Gasteiger partial charge in [0, 0.05) is 25.5 Å². The summed E-state index contributed by atoms with van der Waals surface area (Å²) >= 11 is 0. The Bertz CT molecular complexity index is 923. The van der Waals surface area contributed by atoms with E-state index in [1.54, 1.807) is 19.5 Å². The van der Waals surface area contributed by atoms with E-state index in [1.165, 1.54) is 11.1 Å². The van der Waals surface area contributed by atoms with Gasteiger partial charge in [-0.3, -0.25) is 9.78 Å². The quantitative estimate of drug-likeness (QED) is 0.625. The Hall–Kier alpha value is -3.34. The molecule has 28 heavy (non-hydrogen) atoms. The van der Waals surface area contributed by atoms with E-state index in [0.717, 1.165) is 30.0 Å². The third kappa shape index (κ3) is 5.58. The molecule has 1 amide bonds. The summed E-state index contributed by atoms with van der Waals surface area (Å²) in [5.74, 6) is 0.718. The number of methoxy groups -OCH3 is 1. The summed E-state index contributed by atoms with van der Waals surface area (Å²) in [5.41, 5.74) is 4.82. The van der Waals surface area contributed by atoms with Crippen molar-refractivity contribution in [3.8, 4) is 5.75 Å². The molecule has 5 nitrogen and oxygen atoms in total. The molecule has 144 valence electrons. The molecular weight excluding hydrogens is 350 g/mol. The highest BCUT2D eigenvalue weighted by molar-refractivity contribution is 5.94. The van der Waals surface area contributed by atoms with Crippen molar-refractivity contribution in [2.45, 2.75) is 19.9 Å². The number of amides is 1. The molecule has 0 saturated heterocycles. The number of aryl methyl sites for hydroxylation is 1. The average molecular weight is 375 g/mol. The minimum atomic E-state index is -0.135. The monoisotopic (exact) mass is 375 g/mol. The first-order chi connectivity index (χ1) is 13.6. The van der Waals surface area contributed by atoms with Gasteiger partial charge in [-0.1, -0.05) is 42.0 Å². The van der Waals surface area contributed by atoms with Crippen molar-refractivity contribution in [2.24, 2.45) is 0 Å². The Morgan fingerprint density at radius 1 is 1.04 bits per heavy atom. The fraction of sp³-hybridized carbons (Fsp3) is 0.217. The van der Waals surface area contributed by atoms with Crippen LogP contribution in [-0.4, -0.2) is 24.5 Å². The van der Waals surface area contributed by atoms with Crippen molar-refractivity contribution in [3.63, 3.8) is 0 Å². The highest BCUT2D eigenvalue weighted by atomic mass is 16.5. The fourth-order valence-corrected chi connectivity index (χ4v) is 2.83. The molecule has 0 aliphatic carbocycles. The van der Waals surface area contributed by atoms with Crippen LogP contribution in [0.15, 0.2) is 67.0 Å². The maximum atomic E-state index is 12.4. The summed E-state index contributed by atoms with van der Waals surface area (Å²) in [5, 5.41) is 6.26. The van der Waals surface area contributed by atoms with Crippen molar-refractivity contribution in [1.29, 1.82) is 0 Å². The van der Waals surface area contributed by atoms with Gasteiger partial charge in [-0.25, -0.2) is 0 Å². The summed E-state index contributed by atoms with van der Waals surface area (Å²) < 4.78 is 5.25. The number of carbonyl (C=O) groups is 1.